The van der Waals surface area contributed by atoms with Crippen LogP contribution in [0.4, 0.5) is 0 Å². The molecule has 1 amide bonds. The fourth-order valence-corrected chi connectivity index (χ4v) is 2.90. The topological polar surface area (TPSA) is 77.3 Å². The number of likely N-dealkylation sites (tertiary alicyclic amines) is 1. The predicted molar refractivity (Wildman–Crippen MR) is 83.5 cm³/mol. The predicted octanol–water partition coefficient (Wildman–Crippen LogP) is 1.38. The van der Waals surface area contributed by atoms with Gasteiger partial charge in [-0.25, -0.2) is 4.68 Å². The molecule has 3 rings (SSSR count). The van der Waals surface area contributed by atoms with Crippen molar-refractivity contribution in [3.05, 3.63) is 24.3 Å². The zero-order valence-electron chi connectivity index (χ0n) is 13.1. The number of ether oxygens (including phenoxy) is 1. The maximum atomic E-state index is 12.1. The molecule has 0 bridgehead atoms. The molecule has 1 fully saturated rings. The van der Waals surface area contributed by atoms with Crippen LogP contribution < -0.4 is 0 Å². The number of amides is 1. The van der Waals surface area contributed by atoms with Gasteiger partial charge in [-0.15, -0.1) is 5.10 Å². The van der Waals surface area contributed by atoms with Crippen molar-refractivity contribution in [1.29, 1.82) is 0 Å². The minimum absolute atomic E-state index is 0.0522. The molecule has 0 N–H and O–H groups in total. The van der Waals surface area contributed by atoms with E-state index in [1.807, 2.05) is 31.2 Å². The molecule has 2 heterocycles. The molecule has 1 unspecified atom stereocenters. The largest absolute Gasteiger partial charge is 0.454 e. The molecule has 1 aliphatic heterocycles. The van der Waals surface area contributed by atoms with Crippen LogP contribution in [0.5, 0.6) is 0 Å². The Morgan fingerprint density at radius 2 is 2.13 bits per heavy atom. The van der Waals surface area contributed by atoms with Crippen LogP contribution in [0.2, 0.25) is 0 Å². The maximum absolute atomic E-state index is 12.1. The number of aromatic nitrogens is 3. The molecule has 1 aliphatic rings. The van der Waals surface area contributed by atoms with Gasteiger partial charge in [0.15, 0.2) is 6.61 Å². The molecule has 1 aromatic heterocycles. The Morgan fingerprint density at radius 3 is 2.96 bits per heavy atom. The highest BCUT2D eigenvalue weighted by atomic mass is 16.5. The van der Waals surface area contributed by atoms with Crippen molar-refractivity contribution in [3.8, 4) is 0 Å². The molecule has 1 atom stereocenters. The van der Waals surface area contributed by atoms with Crippen molar-refractivity contribution in [2.45, 2.75) is 38.8 Å². The highest BCUT2D eigenvalue weighted by molar-refractivity contribution is 5.81. The molecule has 0 saturated carbocycles. The van der Waals surface area contributed by atoms with Gasteiger partial charge < -0.3 is 9.64 Å². The normalized spacial score (nSPS) is 18.1. The van der Waals surface area contributed by atoms with E-state index in [9.17, 15) is 9.59 Å². The third-order valence-electron chi connectivity index (χ3n) is 4.18. The molecule has 7 nitrogen and oxygen atoms in total. The minimum atomic E-state index is -0.487. The molecule has 2 aromatic rings. The summed E-state index contributed by atoms with van der Waals surface area (Å²) in [6.07, 6.45) is 3.16. The fraction of sp³-hybridized carbons (Fsp3) is 0.500. The van der Waals surface area contributed by atoms with Gasteiger partial charge in [-0.3, -0.25) is 9.59 Å². The van der Waals surface area contributed by atoms with Gasteiger partial charge in [0.1, 0.15) is 12.1 Å². The van der Waals surface area contributed by atoms with Crippen molar-refractivity contribution >= 4 is 22.9 Å². The molecule has 0 radical (unpaired) electrons. The van der Waals surface area contributed by atoms with E-state index in [-0.39, 0.29) is 25.1 Å². The first-order valence-corrected chi connectivity index (χ1v) is 7.88. The van der Waals surface area contributed by atoms with Gasteiger partial charge in [-0.2, -0.15) is 0 Å². The molecule has 0 aliphatic carbocycles. The van der Waals surface area contributed by atoms with Crippen molar-refractivity contribution in [1.82, 2.24) is 19.9 Å². The van der Waals surface area contributed by atoms with Crippen LogP contribution in [0, 0.1) is 0 Å². The number of hydrogen-bond donors (Lipinski definition) is 0. The Hall–Kier alpha value is -2.44. The maximum Gasteiger partial charge on any atom is 0.328 e. The monoisotopic (exact) mass is 316 g/mol. The molecule has 23 heavy (non-hydrogen) atoms. The summed E-state index contributed by atoms with van der Waals surface area (Å²) in [5, 5.41) is 7.92. The third kappa shape index (κ3) is 3.49. The number of piperidine rings is 1. The molecule has 122 valence electrons. The van der Waals surface area contributed by atoms with Crippen LogP contribution >= 0.6 is 0 Å². The molecule has 1 saturated heterocycles. The lowest BCUT2D eigenvalue weighted by atomic mass is 10.0. The van der Waals surface area contributed by atoms with Crippen LogP contribution in [0.3, 0.4) is 0 Å². The standard InChI is InChI=1S/C16H20N4O3/c1-12-6-4-5-9-19(12)15(21)11-23-16(22)10-20-14-8-3-2-7-13(14)17-18-20/h2-3,7-8,12H,4-6,9-11H2,1H3. The van der Waals surface area contributed by atoms with Crippen LogP contribution in [-0.4, -0.2) is 51.0 Å². The average Bonchev–Trinajstić information content (AvgIpc) is 2.96. The Labute approximate surface area is 134 Å². The summed E-state index contributed by atoms with van der Waals surface area (Å²) in [7, 11) is 0. The van der Waals surface area contributed by atoms with E-state index in [2.05, 4.69) is 10.3 Å². The zero-order valence-corrected chi connectivity index (χ0v) is 13.1. The van der Waals surface area contributed by atoms with E-state index in [4.69, 9.17) is 4.74 Å². The second kappa shape index (κ2) is 6.76. The number of fused-ring (bicyclic) bond motifs is 1. The number of rotatable bonds is 4. The van der Waals surface area contributed by atoms with Gasteiger partial charge in [-0.05, 0) is 38.3 Å². The number of hydrogen-bond acceptors (Lipinski definition) is 5. The molecule has 7 heteroatoms. The van der Waals surface area contributed by atoms with E-state index < -0.39 is 5.97 Å². The smallest absolute Gasteiger partial charge is 0.328 e. The Bertz CT molecular complexity index is 712. The summed E-state index contributed by atoms with van der Waals surface area (Å²) in [5.41, 5.74) is 1.49. The minimum Gasteiger partial charge on any atom is -0.454 e. The first-order valence-electron chi connectivity index (χ1n) is 7.88. The molecular weight excluding hydrogens is 296 g/mol. The van der Waals surface area contributed by atoms with E-state index in [1.165, 1.54) is 4.68 Å². The lowest BCUT2D eigenvalue weighted by molar-refractivity contribution is -0.154. The number of benzene rings is 1. The zero-order chi connectivity index (χ0) is 16.2. The summed E-state index contributed by atoms with van der Waals surface area (Å²) >= 11 is 0. The van der Waals surface area contributed by atoms with E-state index in [0.717, 1.165) is 36.8 Å². The summed E-state index contributed by atoms with van der Waals surface area (Å²) in [6.45, 7) is 2.50. The summed E-state index contributed by atoms with van der Waals surface area (Å²) in [5.74, 6) is -0.618. The number of carbonyl (C=O) groups excluding carboxylic acids is 2. The first-order chi connectivity index (χ1) is 11.1. The van der Waals surface area contributed by atoms with Gasteiger partial charge in [0.2, 0.25) is 0 Å². The van der Waals surface area contributed by atoms with Crippen LogP contribution in [0.25, 0.3) is 11.0 Å². The van der Waals surface area contributed by atoms with Gasteiger partial charge in [0.05, 0.1) is 5.52 Å². The van der Waals surface area contributed by atoms with Crippen molar-refractivity contribution in [3.63, 3.8) is 0 Å². The van der Waals surface area contributed by atoms with Crippen LogP contribution in [0.1, 0.15) is 26.2 Å². The highest BCUT2D eigenvalue weighted by Gasteiger charge is 2.24. The van der Waals surface area contributed by atoms with Crippen molar-refractivity contribution in [2.24, 2.45) is 0 Å². The summed E-state index contributed by atoms with van der Waals surface area (Å²) in [6, 6.07) is 7.59. The third-order valence-corrected chi connectivity index (χ3v) is 4.18. The number of carbonyl (C=O) groups is 2. The van der Waals surface area contributed by atoms with Gasteiger partial charge in [0.25, 0.3) is 5.91 Å². The van der Waals surface area contributed by atoms with Crippen LogP contribution in [0.15, 0.2) is 24.3 Å². The number of para-hydroxylation sites is 1. The van der Waals surface area contributed by atoms with Crippen molar-refractivity contribution < 1.29 is 14.3 Å². The highest BCUT2D eigenvalue weighted by Crippen LogP contribution is 2.16. The fourth-order valence-electron chi connectivity index (χ4n) is 2.90. The van der Waals surface area contributed by atoms with E-state index in [1.54, 1.807) is 4.90 Å². The molecule has 0 spiro atoms. The second-order valence-electron chi connectivity index (χ2n) is 5.83. The lowest BCUT2D eigenvalue weighted by Crippen LogP contribution is -2.44. The van der Waals surface area contributed by atoms with Crippen LogP contribution in [-0.2, 0) is 20.9 Å². The van der Waals surface area contributed by atoms with Gasteiger partial charge >= 0.3 is 5.97 Å². The number of esters is 1. The number of nitrogens with zero attached hydrogens (tertiary/aromatic N) is 4. The second-order valence-corrected chi connectivity index (χ2v) is 5.83. The average molecular weight is 316 g/mol. The molecule has 1 aromatic carbocycles. The van der Waals surface area contributed by atoms with E-state index in [0.29, 0.717) is 0 Å². The molecular formula is C16H20N4O3. The first kappa shape index (κ1) is 15.5. The Kier molecular flexibility index (Phi) is 4.55. The lowest BCUT2D eigenvalue weighted by Gasteiger charge is -2.33. The quantitative estimate of drug-likeness (QED) is 0.796. The SMILES string of the molecule is CC1CCCCN1C(=O)COC(=O)Cn1nnc2ccccc21. The summed E-state index contributed by atoms with van der Waals surface area (Å²) in [4.78, 5) is 25.9. The Balaban J connectivity index is 1.54. The van der Waals surface area contributed by atoms with E-state index >= 15 is 0 Å². The van der Waals surface area contributed by atoms with Gasteiger partial charge in [-0.1, -0.05) is 17.3 Å². The van der Waals surface area contributed by atoms with Crippen molar-refractivity contribution in [2.75, 3.05) is 13.2 Å². The van der Waals surface area contributed by atoms with Gasteiger partial charge in [0, 0.05) is 12.6 Å². The summed E-state index contributed by atoms with van der Waals surface area (Å²) < 4.78 is 6.59. The Morgan fingerprint density at radius 1 is 1.30 bits per heavy atom.